The smallest absolute Gasteiger partial charge is 0.333 e. The van der Waals surface area contributed by atoms with Gasteiger partial charge in [0.1, 0.15) is 24.9 Å². The molecule has 120 valence electrons. The third-order valence-electron chi connectivity index (χ3n) is 3.35. The third kappa shape index (κ3) is 4.03. The molecule has 2 aliphatic heterocycles. The molecule has 0 aliphatic carbocycles. The molecule has 2 heterocycles. The molecule has 2 saturated heterocycles. The average Bonchev–Trinajstić information content (AvgIpc) is 2.85. The Balaban J connectivity index is 2.00. The normalized spacial score (nSPS) is 33.9. The van der Waals surface area contributed by atoms with Crippen LogP contribution in [0.25, 0.3) is 0 Å². The summed E-state index contributed by atoms with van der Waals surface area (Å²) in [5.41, 5.74) is 0.353. The number of carbonyl (C=O) groups is 1. The zero-order valence-electron chi connectivity index (χ0n) is 13.3. The van der Waals surface area contributed by atoms with E-state index >= 15 is 0 Å². The maximum Gasteiger partial charge on any atom is 0.333 e. The van der Waals surface area contributed by atoms with Crippen LogP contribution >= 0.6 is 0 Å². The number of hydrogen-bond donors (Lipinski definition) is 0. The number of rotatable bonds is 4. The van der Waals surface area contributed by atoms with E-state index in [1.165, 1.54) is 0 Å². The molecule has 6 heteroatoms. The molecule has 0 amide bonds. The highest BCUT2D eigenvalue weighted by atomic mass is 16.8. The van der Waals surface area contributed by atoms with Crippen LogP contribution in [0.2, 0.25) is 0 Å². The van der Waals surface area contributed by atoms with Gasteiger partial charge in [-0.1, -0.05) is 6.58 Å². The molecule has 0 radical (unpaired) electrons. The largest absolute Gasteiger partial charge is 0.459 e. The Morgan fingerprint density at radius 2 is 1.86 bits per heavy atom. The molecular weight excluding hydrogens is 276 g/mol. The minimum absolute atomic E-state index is 0.0973. The van der Waals surface area contributed by atoms with Crippen molar-refractivity contribution in [1.29, 1.82) is 0 Å². The highest BCUT2D eigenvalue weighted by Crippen LogP contribution is 2.35. The molecule has 0 bridgehead atoms. The molecule has 0 aromatic heterocycles. The molecule has 0 aromatic carbocycles. The van der Waals surface area contributed by atoms with Crippen molar-refractivity contribution in [2.45, 2.75) is 64.5 Å². The van der Waals surface area contributed by atoms with Crippen LogP contribution in [0.3, 0.4) is 0 Å². The van der Waals surface area contributed by atoms with Crippen molar-refractivity contribution < 1.29 is 28.5 Å². The van der Waals surface area contributed by atoms with Gasteiger partial charge in [0, 0.05) is 5.57 Å². The van der Waals surface area contributed by atoms with E-state index < -0.39 is 23.6 Å². The van der Waals surface area contributed by atoms with Crippen LogP contribution in [-0.2, 0) is 28.5 Å². The summed E-state index contributed by atoms with van der Waals surface area (Å²) in [6, 6.07) is 0. The Kier molecular flexibility index (Phi) is 4.44. The summed E-state index contributed by atoms with van der Waals surface area (Å²) >= 11 is 0. The summed E-state index contributed by atoms with van der Waals surface area (Å²) in [7, 11) is 0. The molecule has 3 atom stereocenters. The SMILES string of the molecule is C=C(C)C(=O)OCC1OC(C)(C)OC1C1COC(C)(C)O1. The second kappa shape index (κ2) is 5.68. The first-order valence-corrected chi connectivity index (χ1v) is 7.10. The second-order valence-electron chi connectivity index (χ2n) is 6.38. The monoisotopic (exact) mass is 300 g/mol. The topological polar surface area (TPSA) is 63.2 Å². The molecule has 21 heavy (non-hydrogen) atoms. The van der Waals surface area contributed by atoms with E-state index in [2.05, 4.69) is 6.58 Å². The van der Waals surface area contributed by atoms with Gasteiger partial charge in [0.25, 0.3) is 0 Å². The fourth-order valence-electron chi connectivity index (χ4n) is 2.47. The van der Waals surface area contributed by atoms with Crippen molar-refractivity contribution in [3.63, 3.8) is 0 Å². The van der Waals surface area contributed by atoms with Gasteiger partial charge >= 0.3 is 5.97 Å². The third-order valence-corrected chi connectivity index (χ3v) is 3.35. The van der Waals surface area contributed by atoms with Gasteiger partial charge in [-0.25, -0.2) is 4.79 Å². The lowest BCUT2D eigenvalue weighted by Crippen LogP contribution is -2.40. The van der Waals surface area contributed by atoms with Crippen LogP contribution in [0, 0.1) is 0 Å². The zero-order valence-corrected chi connectivity index (χ0v) is 13.3. The second-order valence-corrected chi connectivity index (χ2v) is 6.38. The maximum absolute atomic E-state index is 11.5. The van der Waals surface area contributed by atoms with Crippen LogP contribution in [0.1, 0.15) is 34.6 Å². The Morgan fingerprint density at radius 1 is 1.19 bits per heavy atom. The van der Waals surface area contributed by atoms with Crippen molar-refractivity contribution >= 4 is 5.97 Å². The van der Waals surface area contributed by atoms with E-state index in [4.69, 9.17) is 23.7 Å². The van der Waals surface area contributed by atoms with E-state index in [0.717, 1.165) is 0 Å². The van der Waals surface area contributed by atoms with Crippen molar-refractivity contribution in [1.82, 2.24) is 0 Å². The summed E-state index contributed by atoms with van der Waals surface area (Å²) < 4.78 is 28.3. The Bertz CT molecular complexity index is 428. The first-order chi connectivity index (χ1) is 9.60. The molecule has 0 aromatic rings. The molecule has 3 unspecified atom stereocenters. The minimum atomic E-state index is -0.749. The van der Waals surface area contributed by atoms with E-state index in [9.17, 15) is 4.79 Å². The molecule has 2 fully saturated rings. The van der Waals surface area contributed by atoms with Gasteiger partial charge in [0.15, 0.2) is 11.6 Å². The lowest BCUT2D eigenvalue weighted by atomic mass is 10.1. The van der Waals surface area contributed by atoms with Crippen molar-refractivity contribution in [3.8, 4) is 0 Å². The standard InChI is InChI=1S/C15H24O6/c1-9(2)13(16)17-7-10-12(21-15(5,6)20-10)11-8-18-14(3,4)19-11/h10-12H,1,7-8H2,2-6H3. The summed E-state index contributed by atoms with van der Waals surface area (Å²) in [5.74, 6) is -1.83. The molecule has 2 aliphatic rings. The average molecular weight is 300 g/mol. The van der Waals surface area contributed by atoms with Gasteiger partial charge in [-0.15, -0.1) is 0 Å². The van der Waals surface area contributed by atoms with Crippen molar-refractivity contribution in [2.75, 3.05) is 13.2 Å². The lowest BCUT2D eigenvalue weighted by Gasteiger charge is -2.23. The number of carbonyl (C=O) groups excluding carboxylic acids is 1. The van der Waals surface area contributed by atoms with E-state index in [-0.39, 0.29) is 18.8 Å². The first-order valence-electron chi connectivity index (χ1n) is 7.10. The van der Waals surface area contributed by atoms with E-state index in [1.54, 1.807) is 6.92 Å². The zero-order chi connectivity index (χ0) is 15.8. The van der Waals surface area contributed by atoms with Crippen LogP contribution in [-0.4, -0.2) is 49.1 Å². The fourth-order valence-corrected chi connectivity index (χ4v) is 2.47. The molecule has 0 N–H and O–H groups in total. The first kappa shape index (κ1) is 16.4. The summed E-state index contributed by atoms with van der Waals surface area (Å²) in [5, 5.41) is 0. The minimum Gasteiger partial charge on any atom is -0.459 e. The fraction of sp³-hybridized carbons (Fsp3) is 0.800. The molecule has 6 nitrogen and oxygen atoms in total. The van der Waals surface area contributed by atoms with Crippen LogP contribution in [0.4, 0.5) is 0 Å². The highest BCUT2D eigenvalue weighted by molar-refractivity contribution is 5.86. The van der Waals surface area contributed by atoms with Gasteiger partial charge in [-0.2, -0.15) is 0 Å². The molecular formula is C15H24O6. The predicted molar refractivity (Wildman–Crippen MR) is 74.5 cm³/mol. The van der Waals surface area contributed by atoms with Crippen molar-refractivity contribution in [2.24, 2.45) is 0 Å². The molecule has 0 spiro atoms. The van der Waals surface area contributed by atoms with Gasteiger partial charge in [0.05, 0.1) is 6.61 Å². The number of ether oxygens (including phenoxy) is 5. The van der Waals surface area contributed by atoms with Gasteiger partial charge in [-0.3, -0.25) is 0 Å². The highest BCUT2D eigenvalue weighted by Gasteiger charge is 2.50. The van der Waals surface area contributed by atoms with Crippen LogP contribution in [0.15, 0.2) is 12.2 Å². The lowest BCUT2D eigenvalue weighted by molar-refractivity contribution is -0.175. The van der Waals surface area contributed by atoms with E-state index in [1.807, 2.05) is 27.7 Å². The van der Waals surface area contributed by atoms with Gasteiger partial charge in [0.2, 0.25) is 0 Å². The summed E-state index contributed by atoms with van der Waals surface area (Å²) in [6.07, 6.45) is -0.999. The maximum atomic E-state index is 11.5. The predicted octanol–water partition coefficient (Wildman–Crippen LogP) is 1.78. The van der Waals surface area contributed by atoms with Crippen LogP contribution < -0.4 is 0 Å². The van der Waals surface area contributed by atoms with Gasteiger partial charge < -0.3 is 23.7 Å². The quantitative estimate of drug-likeness (QED) is 0.582. The Morgan fingerprint density at radius 3 is 2.38 bits per heavy atom. The molecule has 2 rings (SSSR count). The Labute approximate surface area is 125 Å². The summed E-state index contributed by atoms with van der Waals surface area (Å²) in [4.78, 5) is 11.5. The van der Waals surface area contributed by atoms with Crippen molar-refractivity contribution in [3.05, 3.63) is 12.2 Å². The van der Waals surface area contributed by atoms with Gasteiger partial charge in [-0.05, 0) is 34.6 Å². The molecule has 0 saturated carbocycles. The summed E-state index contributed by atoms with van der Waals surface area (Å²) in [6.45, 7) is 13.0. The van der Waals surface area contributed by atoms with E-state index in [0.29, 0.717) is 12.2 Å². The van der Waals surface area contributed by atoms with Crippen LogP contribution in [0.5, 0.6) is 0 Å². The Hall–Kier alpha value is -0.950. The number of hydrogen-bond acceptors (Lipinski definition) is 6. The number of esters is 1.